The maximum absolute atomic E-state index is 14.7. The second-order valence-corrected chi connectivity index (χ2v) is 15.2. The number of hydrogen-bond donors (Lipinski definition) is 4. The Morgan fingerprint density at radius 2 is 0.891 bits per heavy atom. The monoisotopic (exact) mass is 662 g/mol. The average molecular weight is 663 g/mol. The minimum absolute atomic E-state index is 0.385. The Kier molecular flexibility index (Phi) is 8.97. The number of benzene rings is 4. The van der Waals surface area contributed by atoms with Gasteiger partial charge in [0, 0.05) is 44.7 Å². The van der Waals surface area contributed by atoms with Crippen molar-refractivity contribution in [3.8, 4) is 0 Å². The van der Waals surface area contributed by atoms with Crippen LogP contribution >= 0.6 is 23.5 Å². The highest BCUT2D eigenvalue weighted by Crippen LogP contribution is 2.54. The van der Waals surface area contributed by atoms with Crippen molar-refractivity contribution < 1.29 is 4.21 Å². The second kappa shape index (κ2) is 12.9. The zero-order valence-corrected chi connectivity index (χ0v) is 28.2. The lowest BCUT2D eigenvalue weighted by Crippen LogP contribution is -2.33. The molecular weight excluding hydrogens is 625 g/mol. The Morgan fingerprint density at radius 1 is 0.543 bits per heavy atom. The smallest absolute Gasteiger partial charge is 0.0859 e. The van der Waals surface area contributed by atoms with Crippen molar-refractivity contribution in [1.29, 1.82) is 0 Å². The highest BCUT2D eigenvalue weighted by atomic mass is 32.2. The molecule has 46 heavy (non-hydrogen) atoms. The summed E-state index contributed by atoms with van der Waals surface area (Å²) in [7, 11) is -1.38. The highest BCUT2D eigenvalue weighted by Gasteiger charge is 2.42. The number of para-hydroxylation sites is 4. The van der Waals surface area contributed by atoms with Gasteiger partial charge >= 0.3 is 0 Å². The number of thioether (sulfide) groups is 2. The van der Waals surface area contributed by atoms with Crippen LogP contribution in [-0.2, 0) is 20.3 Å². The Balaban J connectivity index is 1.48. The SMILES string of the molecule is CSC1(c2ccccc2N)C=CC(S(=O)C2C=CC(SC)(c3ccccc3N)C(c3ccccc3N)=C2)C=C1c1ccccc1N. The molecule has 0 heterocycles. The van der Waals surface area contributed by atoms with Crippen LogP contribution in [0.2, 0.25) is 0 Å². The Hall–Kier alpha value is -4.11. The van der Waals surface area contributed by atoms with Gasteiger partial charge in [-0.3, -0.25) is 4.21 Å². The summed E-state index contributed by atoms with van der Waals surface area (Å²) in [6.07, 6.45) is 16.8. The number of rotatable bonds is 8. The first-order valence-corrected chi connectivity index (χ1v) is 18.7. The molecular formula is C38H38N4OS3. The van der Waals surface area contributed by atoms with E-state index >= 15 is 0 Å². The summed E-state index contributed by atoms with van der Waals surface area (Å²) in [5.74, 6) is 0. The molecule has 0 saturated heterocycles. The Labute approximate surface area is 282 Å². The lowest BCUT2D eigenvalue weighted by Gasteiger charge is -2.39. The van der Waals surface area contributed by atoms with Crippen LogP contribution in [0.4, 0.5) is 22.7 Å². The minimum atomic E-state index is -1.38. The molecule has 234 valence electrons. The minimum Gasteiger partial charge on any atom is -0.398 e. The number of nitrogens with two attached hydrogens (primary N) is 4. The van der Waals surface area contributed by atoms with Crippen molar-refractivity contribution in [2.24, 2.45) is 0 Å². The van der Waals surface area contributed by atoms with Crippen molar-refractivity contribution >= 4 is 68.2 Å². The van der Waals surface area contributed by atoms with Crippen LogP contribution in [0.15, 0.2) is 134 Å². The lowest BCUT2D eigenvalue weighted by molar-refractivity contribution is 0.679. The molecule has 0 spiro atoms. The van der Waals surface area contributed by atoms with E-state index in [1.807, 2.05) is 84.9 Å². The molecule has 5 nitrogen and oxygen atoms in total. The normalized spacial score (nSPS) is 24.7. The average Bonchev–Trinajstić information content (AvgIpc) is 3.08. The fourth-order valence-corrected chi connectivity index (χ4v) is 9.99. The molecule has 8 N–H and O–H groups in total. The van der Waals surface area contributed by atoms with E-state index < -0.39 is 20.3 Å². The third-order valence-electron chi connectivity index (χ3n) is 8.91. The quantitative estimate of drug-likeness (QED) is 0.113. The van der Waals surface area contributed by atoms with Gasteiger partial charge < -0.3 is 22.9 Å². The molecule has 4 unspecified atom stereocenters. The predicted molar refractivity (Wildman–Crippen MR) is 204 cm³/mol. The van der Waals surface area contributed by atoms with Crippen LogP contribution in [0.1, 0.15) is 22.3 Å². The highest BCUT2D eigenvalue weighted by molar-refractivity contribution is 8.00. The molecule has 0 bridgehead atoms. The van der Waals surface area contributed by atoms with Crippen LogP contribution in [0, 0.1) is 0 Å². The van der Waals surface area contributed by atoms with Crippen molar-refractivity contribution in [2.75, 3.05) is 35.4 Å². The van der Waals surface area contributed by atoms with E-state index in [1.165, 1.54) is 0 Å². The molecule has 6 rings (SSSR count). The van der Waals surface area contributed by atoms with Gasteiger partial charge in [0.1, 0.15) is 0 Å². The van der Waals surface area contributed by atoms with E-state index in [0.29, 0.717) is 22.7 Å². The maximum Gasteiger partial charge on any atom is 0.0859 e. The molecule has 0 fully saturated rings. The molecule has 4 aromatic rings. The molecule has 0 aromatic heterocycles. The van der Waals surface area contributed by atoms with Gasteiger partial charge in [0.2, 0.25) is 0 Å². The zero-order chi connectivity index (χ0) is 32.5. The van der Waals surface area contributed by atoms with Gasteiger partial charge in [-0.1, -0.05) is 109 Å². The van der Waals surface area contributed by atoms with E-state index in [4.69, 9.17) is 22.9 Å². The van der Waals surface area contributed by atoms with Gasteiger partial charge in [0.15, 0.2) is 0 Å². The number of nitrogen functional groups attached to an aromatic ring is 4. The van der Waals surface area contributed by atoms with E-state index in [-0.39, 0.29) is 10.5 Å². The summed E-state index contributed by atoms with van der Waals surface area (Å²) in [6, 6.07) is 31.5. The lowest BCUT2D eigenvalue weighted by atomic mass is 9.80. The first-order chi connectivity index (χ1) is 22.3. The fourth-order valence-electron chi connectivity index (χ4n) is 6.58. The Bertz CT molecular complexity index is 1800. The molecule has 0 aliphatic heterocycles. The van der Waals surface area contributed by atoms with Gasteiger partial charge in [-0.15, -0.1) is 23.5 Å². The van der Waals surface area contributed by atoms with Gasteiger partial charge in [0.25, 0.3) is 0 Å². The molecule has 4 atom stereocenters. The molecule has 0 saturated carbocycles. The van der Waals surface area contributed by atoms with Crippen molar-refractivity contribution in [3.63, 3.8) is 0 Å². The second-order valence-electron chi connectivity index (χ2n) is 11.4. The molecule has 0 radical (unpaired) electrons. The van der Waals surface area contributed by atoms with Gasteiger partial charge in [-0.05, 0) is 59.1 Å². The third-order valence-corrected chi connectivity index (χ3v) is 13.0. The summed E-state index contributed by atoms with van der Waals surface area (Å²) in [5, 5.41) is -0.771. The summed E-state index contributed by atoms with van der Waals surface area (Å²) >= 11 is 3.36. The third kappa shape index (κ3) is 5.38. The molecule has 2 aliphatic carbocycles. The maximum atomic E-state index is 14.7. The van der Waals surface area contributed by atoms with Crippen molar-refractivity contribution in [3.05, 3.63) is 156 Å². The van der Waals surface area contributed by atoms with Crippen molar-refractivity contribution in [1.82, 2.24) is 0 Å². The van der Waals surface area contributed by atoms with Crippen molar-refractivity contribution in [2.45, 2.75) is 20.0 Å². The molecule has 2 aliphatic rings. The largest absolute Gasteiger partial charge is 0.398 e. The molecule has 4 aromatic carbocycles. The van der Waals surface area contributed by atoms with E-state index in [1.54, 1.807) is 23.5 Å². The van der Waals surface area contributed by atoms with E-state index in [9.17, 15) is 4.21 Å². The molecule has 8 heteroatoms. The molecule has 0 amide bonds. The standard InChI is InChI=1S/C38H38N4OS3/c1-44-37(29-13-5-9-17-35(29)41)21-19-25(23-31(37)27-11-3-7-15-33(27)39)46(43)26-20-22-38(45-2,30-14-6-10-18-36(30)42)32(24-26)28-12-4-8-16-34(28)40/h3-26H,39-42H2,1-2H3. The fraction of sp³-hybridized carbons (Fsp3) is 0.158. The van der Waals surface area contributed by atoms with Gasteiger partial charge in [-0.25, -0.2) is 0 Å². The number of hydrogen-bond acceptors (Lipinski definition) is 7. The van der Waals surface area contributed by atoms with E-state index in [0.717, 1.165) is 33.4 Å². The summed E-state index contributed by atoms with van der Waals surface area (Å²) in [4.78, 5) is 0. The van der Waals surface area contributed by atoms with Gasteiger partial charge in [0.05, 0.1) is 20.0 Å². The zero-order valence-electron chi connectivity index (χ0n) is 25.8. The van der Waals surface area contributed by atoms with E-state index in [2.05, 4.69) is 61.1 Å². The topological polar surface area (TPSA) is 121 Å². The number of anilines is 4. The summed E-state index contributed by atoms with van der Waals surface area (Å²) in [6.45, 7) is 0. The van der Waals surface area contributed by atoms with Gasteiger partial charge in [-0.2, -0.15) is 0 Å². The van der Waals surface area contributed by atoms with Crippen LogP contribution in [-0.4, -0.2) is 27.2 Å². The first kappa shape index (κ1) is 31.9. The first-order valence-electron chi connectivity index (χ1n) is 15.0. The van der Waals surface area contributed by atoms with Crippen LogP contribution in [0.5, 0.6) is 0 Å². The van der Waals surface area contributed by atoms with Crippen LogP contribution in [0.3, 0.4) is 0 Å². The summed E-state index contributed by atoms with van der Waals surface area (Å²) in [5.41, 5.74) is 34.7. The summed E-state index contributed by atoms with van der Waals surface area (Å²) < 4.78 is 13.5. The van der Waals surface area contributed by atoms with Crippen LogP contribution in [0.25, 0.3) is 11.1 Å². The Morgan fingerprint density at radius 3 is 1.24 bits per heavy atom. The predicted octanol–water partition coefficient (Wildman–Crippen LogP) is 7.62. The van der Waals surface area contributed by atoms with Crippen LogP contribution < -0.4 is 22.9 Å².